The van der Waals surface area contributed by atoms with Crippen LogP contribution in [0.15, 0.2) is 42.0 Å². The second kappa shape index (κ2) is 6.90. The van der Waals surface area contributed by atoms with Crippen molar-refractivity contribution >= 4 is 5.97 Å². The number of carbonyl (C=O) groups is 1. The minimum atomic E-state index is -0.561. The highest BCUT2D eigenvalue weighted by Gasteiger charge is 2.34. The SMILES string of the molecule is CCOC(=O)C[C@]1(C)C=C(C)C[C@H](Cc2ccccc2)O1. The molecule has 3 heteroatoms. The Hall–Kier alpha value is -1.61. The van der Waals surface area contributed by atoms with E-state index < -0.39 is 5.60 Å². The van der Waals surface area contributed by atoms with E-state index in [0.29, 0.717) is 6.61 Å². The van der Waals surface area contributed by atoms with Gasteiger partial charge in [-0.2, -0.15) is 0 Å². The standard InChI is InChI=1S/C18H24O3/c1-4-20-17(19)13-18(3)12-14(2)10-16(21-18)11-15-8-6-5-7-9-15/h5-9,12,16H,4,10-11,13H2,1-3H3/t16-,18+/m1/s1. The van der Waals surface area contributed by atoms with E-state index in [1.165, 1.54) is 11.1 Å². The minimum Gasteiger partial charge on any atom is -0.466 e. The molecule has 0 aliphatic carbocycles. The van der Waals surface area contributed by atoms with Gasteiger partial charge in [0.1, 0.15) is 0 Å². The lowest BCUT2D eigenvalue weighted by Gasteiger charge is -2.36. The third-order valence-corrected chi connectivity index (χ3v) is 3.64. The lowest BCUT2D eigenvalue weighted by molar-refractivity contribution is -0.151. The molecule has 1 aliphatic rings. The van der Waals surface area contributed by atoms with Crippen LogP contribution in [0, 0.1) is 0 Å². The third-order valence-electron chi connectivity index (χ3n) is 3.64. The molecule has 2 rings (SSSR count). The molecule has 0 aromatic heterocycles. The smallest absolute Gasteiger partial charge is 0.309 e. The highest BCUT2D eigenvalue weighted by molar-refractivity contribution is 5.71. The Labute approximate surface area is 127 Å². The maximum absolute atomic E-state index is 11.8. The zero-order valence-electron chi connectivity index (χ0n) is 13.1. The molecular weight excluding hydrogens is 264 g/mol. The maximum Gasteiger partial charge on any atom is 0.309 e. The predicted molar refractivity (Wildman–Crippen MR) is 83.0 cm³/mol. The maximum atomic E-state index is 11.8. The zero-order valence-corrected chi connectivity index (χ0v) is 13.1. The Morgan fingerprint density at radius 3 is 2.76 bits per heavy atom. The summed E-state index contributed by atoms with van der Waals surface area (Å²) < 4.78 is 11.2. The predicted octanol–water partition coefficient (Wildman–Crippen LogP) is 3.68. The van der Waals surface area contributed by atoms with Crippen LogP contribution in [0.2, 0.25) is 0 Å². The topological polar surface area (TPSA) is 35.5 Å². The lowest BCUT2D eigenvalue weighted by atomic mass is 9.90. The zero-order chi connectivity index (χ0) is 15.3. The number of ether oxygens (including phenoxy) is 2. The van der Waals surface area contributed by atoms with E-state index in [1.54, 1.807) is 0 Å². The van der Waals surface area contributed by atoms with Gasteiger partial charge in [0, 0.05) is 0 Å². The quantitative estimate of drug-likeness (QED) is 0.612. The van der Waals surface area contributed by atoms with Gasteiger partial charge in [-0.15, -0.1) is 0 Å². The van der Waals surface area contributed by atoms with Crippen LogP contribution < -0.4 is 0 Å². The van der Waals surface area contributed by atoms with Gasteiger partial charge in [-0.1, -0.05) is 42.0 Å². The average Bonchev–Trinajstić information content (AvgIpc) is 2.38. The largest absolute Gasteiger partial charge is 0.466 e. The van der Waals surface area contributed by atoms with Crippen LogP contribution in [0.3, 0.4) is 0 Å². The molecule has 1 aromatic rings. The number of hydrogen-bond acceptors (Lipinski definition) is 3. The number of carbonyl (C=O) groups excluding carboxylic acids is 1. The molecule has 0 bridgehead atoms. The van der Waals surface area contributed by atoms with Gasteiger partial charge in [0.2, 0.25) is 0 Å². The summed E-state index contributed by atoms with van der Waals surface area (Å²) in [7, 11) is 0. The van der Waals surface area contributed by atoms with E-state index in [4.69, 9.17) is 9.47 Å². The van der Waals surface area contributed by atoms with E-state index >= 15 is 0 Å². The first-order valence-corrected chi connectivity index (χ1v) is 7.56. The second-order valence-electron chi connectivity index (χ2n) is 5.92. The third kappa shape index (κ3) is 4.71. The molecule has 0 saturated carbocycles. The van der Waals surface area contributed by atoms with Gasteiger partial charge in [-0.25, -0.2) is 0 Å². The van der Waals surface area contributed by atoms with E-state index in [1.807, 2.05) is 32.0 Å². The Morgan fingerprint density at radius 1 is 1.38 bits per heavy atom. The molecule has 0 fully saturated rings. The van der Waals surface area contributed by atoms with Gasteiger partial charge < -0.3 is 9.47 Å². The van der Waals surface area contributed by atoms with Crippen LogP contribution in [-0.4, -0.2) is 24.3 Å². The summed E-state index contributed by atoms with van der Waals surface area (Å²) >= 11 is 0. The highest BCUT2D eigenvalue weighted by Crippen LogP contribution is 2.31. The molecule has 1 aliphatic heterocycles. The minimum absolute atomic E-state index is 0.108. The van der Waals surface area contributed by atoms with Crippen molar-refractivity contribution in [3.8, 4) is 0 Å². The molecule has 0 spiro atoms. The lowest BCUT2D eigenvalue weighted by Crippen LogP contribution is -2.39. The summed E-state index contributed by atoms with van der Waals surface area (Å²) in [5.74, 6) is -0.204. The van der Waals surface area contributed by atoms with Gasteiger partial charge in [0.15, 0.2) is 0 Å². The highest BCUT2D eigenvalue weighted by atomic mass is 16.5. The van der Waals surface area contributed by atoms with Gasteiger partial charge in [-0.3, -0.25) is 4.79 Å². The van der Waals surface area contributed by atoms with Crippen molar-refractivity contribution in [2.24, 2.45) is 0 Å². The molecule has 0 unspecified atom stereocenters. The van der Waals surface area contributed by atoms with E-state index in [9.17, 15) is 4.79 Å². The molecule has 3 nitrogen and oxygen atoms in total. The van der Waals surface area contributed by atoms with Crippen molar-refractivity contribution < 1.29 is 14.3 Å². The molecular formula is C18H24O3. The fourth-order valence-corrected chi connectivity index (χ4v) is 2.98. The molecule has 0 N–H and O–H groups in total. The molecule has 0 saturated heterocycles. The van der Waals surface area contributed by atoms with Crippen LogP contribution in [0.25, 0.3) is 0 Å². The van der Waals surface area contributed by atoms with Crippen LogP contribution in [0.5, 0.6) is 0 Å². The fourth-order valence-electron chi connectivity index (χ4n) is 2.98. The summed E-state index contributed by atoms with van der Waals surface area (Å²) in [6.45, 7) is 6.29. The summed E-state index contributed by atoms with van der Waals surface area (Å²) in [6, 6.07) is 10.3. The molecule has 0 radical (unpaired) electrons. The second-order valence-corrected chi connectivity index (χ2v) is 5.92. The van der Waals surface area contributed by atoms with E-state index in [2.05, 4.69) is 25.1 Å². The molecule has 21 heavy (non-hydrogen) atoms. The van der Waals surface area contributed by atoms with Crippen LogP contribution in [-0.2, 0) is 20.7 Å². The van der Waals surface area contributed by atoms with Crippen LogP contribution >= 0.6 is 0 Å². The van der Waals surface area contributed by atoms with Crippen molar-refractivity contribution in [2.75, 3.05) is 6.61 Å². The average molecular weight is 288 g/mol. The Bertz CT molecular complexity index is 506. The van der Waals surface area contributed by atoms with Gasteiger partial charge >= 0.3 is 5.97 Å². The van der Waals surface area contributed by atoms with Crippen LogP contribution in [0.1, 0.15) is 39.2 Å². The Balaban J connectivity index is 2.04. The fraction of sp³-hybridized carbons (Fsp3) is 0.500. The first-order chi connectivity index (χ1) is 10.0. The molecule has 1 aromatic carbocycles. The normalized spacial score (nSPS) is 25.3. The summed E-state index contributed by atoms with van der Waals surface area (Å²) in [5.41, 5.74) is 1.97. The van der Waals surface area contributed by atoms with Crippen molar-refractivity contribution in [1.29, 1.82) is 0 Å². The number of hydrogen-bond donors (Lipinski definition) is 0. The number of benzene rings is 1. The van der Waals surface area contributed by atoms with Crippen molar-refractivity contribution in [3.63, 3.8) is 0 Å². The van der Waals surface area contributed by atoms with Crippen LogP contribution in [0.4, 0.5) is 0 Å². The number of esters is 1. The Kier molecular flexibility index (Phi) is 5.18. The first-order valence-electron chi connectivity index (χ1n) is 7.56. The molecule has 114 valence electrons. The van der Waals surface area contributed by atoms with E-state index in [0.717, 1.165) is 12.8 Å². The van der Waals surface area contributed by atoms with Crippen molar-refractivity contribution in [3.05, 3.63) is 47.5 Å². The summed E-state index contributed by atoms with van der Waals surface area (Å²) in [5, 5.41) is 0. The summed E-state index contributed by atoms with van der Waals surface area (Å²) in [4.78, 5) is 11.8. The monoisotopic (exact) mass is 288 g/mol. The van der Waals surface area contributed by atoms with Crippen molar-refractivity contribution in [2.45, 2.75) is 51.7 Å². The molecule has 1 heterocycles. The summed E-state index contributed by atoms with van der Waals surface area (Å²) in [6.07, 6.45) is 4.21. The Morgan fingerprint density at radius 2 is 2.10 bits per heavy atom. The molecule has 2 atom stereocenters. The van der Waals surface area contributed by atoms with Gasteiger partial charge in [0.25, 0.3) is 0 Å². The first kappa shape index (κ1) is 15.8. The van der Waals surface area contributed by atoms with Gasteiger partial charge in [0.05, 0.1) is 24.7 Å². The number of rotatable bonds is 5. The van der Waals surface area contributed by atoms with Gasteiger partial charge in [-0.05, 0) is 39.2 Å². The van der Waals surface area contributed by atoms with E-state index in [-0.39, 0.29) is 18.5 Å². The van der Waals surface area contributed by atoms with Crippen molar-refractivity contribution in [1.82, 2.24) is 0 Å². The molecule has 0 amide bonds.